The second-order valence-corrected chi connectivity index (χ2v) is 8.91. The van der Waals surface area contributed by atoms with E-state index in [4.69, 9.17) is 5.73 Å². The van der Waals surface area contributed by atoms with Crippen molar-refractivity contribution in [2.45, 2.75) is 63.6 Å². The molecule has 1 atom stereocenters. The summed E-state index contributed by atoms with van der Waals surface area (Å²) in [4.78, 5) is 26.2. The molecule has 1 aromatic carbocycles. The summed E-state index contributed by atoms with van der Waals surface area (Å²) in [5, 5.41) is 3.00. The number of carbonyl (C=O) groups excluding carboxylic acids is 2. The molecule has 2 fully saturated rings. The summed E-state index contributed by atoms with van der Waals surface area (Å²) in [5.74, 6) is -2.07. The number of amides is 2. The second-order valence-electron chi connectivity index (χ2n) is 8.91. The lowest BCUT2D eigenvalue weighted by molar-refractivity contribution is -0.146. The van der Waals surface area contributed by atoms with Crippen molar-refractivity contribution in [1.82, 2.24) is 10.2 Å². The molecule has 0 bridgehead atoms. The Balaban J connectivity index is 1.48. The molecule has 1 aromatic rings. The van der Waals surface area contributed by atoms with E-state index in [1.165, 1.54) is 24.3 Å². The molecule has 0 aromatic heterocycles. The fourth-order valence-corrected chi connectivity index (χ4v) is 4.53. The van der Waals surface area contributed by atoms with E-state index >= 15 is 0 Å². The van der Waals surface area contributed by atoms with Crippen molar-refractivity contribution in [2.75, 3.05) is 19.6 Å². The van der Waals surface area contributed by atoms with Crippen LogP contribution in [0.25, 0.3) is 0 Å². The van der Waals surface area contributed by atoms with Crippen LogP contribution in [0.2, 0.25) is 0 Å². The normalized spacial score (nSPS) is 20.9. The molecule has 1 aliphatic carbocycles. The number of primary amides is 1. The highest BCUT2D eigenvalue weighted by Crippen LogP contribution is 2.44. The quantitative estimate of drug-likeness (QED) is 0.701. The van der Waals surface area contributed by atoms with E-state index in [1.807, 2.05) is 0 Å². The van der Waals surface area contributed by atoms with Gasteiger partial charge in [-0.3, -0.25) is 9.59 Å². The van der Waals surface area contributed by atoms with Crippen LogP contribution in [0.15, 0.2) is 24.3 Å². The van der Waals surface area contributed by atoms with E-state index in [9.17, 15) is 22.8 Å². The summed E-state index contributed by atoms with van der Waals surface area (Å²) in [5.41, 5.74) is 5.95. The molecular weight excluding hydrogens is 395 g/mol. The van der Waals surface area contributed by atoms with Crippen LogP contribution in [-0.4, -0.2) is 48.6 Å². The van der Waals surface area contributed by atoms with Crippen LogP contribution >= 0.6 is 0 Å². The molecule has 8 heteroatoms. The predicted molar refractivity (Wildman–Crippen MR) is 108 cm³/mol. The minimum absolute atomic E-state index is 0.0250. The average molecular weight is 425 g/mol. The molecule has 30 heavy (non-hydrogen) atoms. The first-order valence-electron chi connectivity index (χ1n) is 10.6. The van der Waals surface area contributed by atoms with Gasteiger partial charge in [0.1, 0.15) is 0 Å². The van der Waals surface area contributed by atoms with Gasteiger partial charge in [-0.15, -0.1) is 0 Å². The van der Waals surface area contributed by atoms with Crippen molar-refractivity contribution < 1.29 is 22.8 Å². The molecule has 3 rings (SSSR count). The molecule has 1 aliphatic heterocycles. The van der Waals surface area contributed by atoms with Gasteiger partial charge in [0.05, 0.1) is 5.92 Å². The topological polar surface area (TPSA) is 75.4 Å². The lowest BCUT2D eigenvalue weighted by Gasteiger charge is -2.46. The maximum Gasteiger partial charge on any atom is 0.395 e. The molecular formula is C22H30F3N3O2. The van der Waals surface area contributed by atoms with E-state index in [0.29, 0.717) is 12.0 Å². The van der Waals surface area contributed by atoms with Gasteiger partial charge in [0, 0.05) is 37.7 Å². The fraction of sp³-hybridized carbons (Fsp3) is 0.636. The van der Waals surface area contributed by atoms with Gasteiger partial charge in [-0.2, -0.15) is 13.2 Å². The molecule has 166 valence electrons. The monoisotopic (exact) mass is 425 g/mol. The highest BCUT2D eigenvalue weighted by atomic mass is 19.4. The molecule has 5 nitrogen and oxygen atoms in total. The molecule has 0 radical (unpaired) electrons. The van der Waals surface area contributed by atoms with Gasteiger partial charge >= 0.3 is 6.18 Å². The van der Waals surface area contributed by atoms with Crippen molar-refractivity contribution in [2.24, 2.45) is 11.1 Å². The van der Waals surface area contributed by atoms with Gasteiger partial charge in [-0.05, 0) is 55.7 Å². The van der Waals surface area contributed by atoms with Crippen LogP contribution in [0.4, 0.5) is 13.2 Å². The Morgan fingerprint density at radius 2 is 1.80 bits per heavy atom. The third-order valence-electron chi connectivity index (χ3n) is 6.61. The van der Waals surface area contributed by atoms with Crippen LogP contribution in [0.1, 0.15) is 67.3 Å². The summed E-state index contributed by atoms with van der Waals surface area (Å²) < 4.78 is 38.5. The number of nitrogens with one attached hydrogen (secondary N) is 1. The van der Waals surface area contributed by atoms with Gasteiger partial charge in [0.25, 0.3) is 5.91 Å². The van der Waals surface area contributed by atoms with Gasteiger partial charge in [0.15, 0.2) is 0 Å². The van der Waals surface area contributed by atoms with E-state index in [1.54, 1.807) is 0 Å². The van der Waals surface area contributed by atoms with Crippen molar-refractivity contribution in [3.8, 4) is 0 Å². The average Bonchev–Trinajstić information content (AvgIpc) is 2.66. The molecule has 3 N–H and O–H groups in total. The SMILES string of the molecule is C[C@H](c1ccc(C(=O)NC2CCN(CC3(CC(N)=O)CCC3)CC2)cc1)C(F)(F)F. The number of benzene rings is 1. The van der Waals surface area contributed by atoms with Crippen LogP contribution in [-0.2, 0) is 4.79 Å². The number of carbonyl (C=O) groups is 2. The number of hydrogen-bond acceptors (Lipinski definition) is 3. The maximum atomic E-state index is 12.8. The van der Waals surface area contributed by atoms with E-state index in [0.717, 1.165) is 58.7 Å². The summed E-state index contributed by atoms with van der Waals surface area (Å²) in [6, 6.07) is 5.67. The van der Waals surface area contributed by atoms with Gasteiger partial charge in [-0.1, -0.05) is 18.6 Å². The Morgan fingerprint density at radius 3 is 2.27 bits per heavy atom. The molecule has 1 saturated heterocycles. The first-order chi connectivity index (χ1) is 14.1. The molecule has 2 aliphatic rings. The predicted octanol–water partition coefficient (Wildman–Crippen LogP) is 3.59. The van der Waals surface area contributed by atoms with Crippen LogP contribution in [0.3, 0.4) is 0 Å². The van der Waals surface area contributed by atoms with Crippen molar-refractivity contribution in [1.29, 1.82) is 0 Å². The van der Waals surface area contributed by atoms with Crippen molar-refractivity contribution in [3.63, 3.8) is 0 Å². The summed E-state index contributed by atoms with van der Waals surface area (Å²) in [6.45, 7) is 3.66. The maximum absolute atomic E-state index is 12.8. The summed E-state index contributed by atoms with van der Waals surface area (Å²) in [7, 11) is 0. The van der Waals surface area contributed by atoms with E-state index in [-0.39, 0.29) is 28.8 Å². The van der Waals surface area contributed by atoms with Crippen LogP contribution in [0, 0.1) is 5.41 Å². The van der Waals surface area contributed by atoms with Gasteiger partial charge < -0.3 is 16.0 Å². The third-order valence-corrected chi connectivity index (χ3v) is 6.61. The minimum Gasteiger partial charge on any atom is -0.370 e. The number of hydrogen-bond donors (Lipinski definition) is 2. The Labute approximate surface area is 175 Å². The zero-order chi connectivity index (χ0) is 21.9. The smallest absolute Gasteiger partial charge is 0.370 e. The standard InChI is InChI=1S/C22H30F3N3O2/c1-15(22(23,24)25)16-3-5-17(6-4-16)20(30)27-18-7-11-28(12-8-18)14-21(9-2-10-21)13-19(26)29/h3-6,15,18H,2,7-14H2,1H3,(H2,26,29)(H,27,30)/t15-/m1/s1. The Bertz CT molecular complexity index is 752. The first kappa shape index (κ1) is 22.6. The Kier molecular flexibility index (Phi) is 6.75. The number of rotatable bonds is 7. The van der Waals surface area contributed by atoms with E-state index < -0.39 is 12.1 Å². The zero-order valence-corrected chi connectivity index (χ0v) is 17.3. The van der Waals surface area contributed by atoms with Gasteiger partial charge in [0.2, 0.25) is 5.91 Å². The minimum atomic E-state index is -4.30. The number of nitrogens with zero attached hydrogens (tertiary/aromatic N) is 1. The zero-order valence-electron chi connectivity index (χ0n) is 17.3. The Hall–Kier alpha value is -2.09. The number of piperidine rings is 1. The van der Waals surface area contributed by atoms with Crippen molar-refractivity contribution >= 4 is 11.8 Å². The molecule has 2 amide bonds. The number of likely N-dealkylation sites (tertiary alicyclic amines) is 1. The molecule has 1 saturated carbocycles. The second kappa shape index (κ2) is 8.96. The Morgan fingerprint density at radius 1 is 1.20 bits per heavy atom. The number of halogens is 3. The highest BCUT2D eigenvalue weighted by molar-refractivity contribution is 5.94. The van der Waals surface area contributed by atoms with E-state index in [2.05, 4.69) is 10.2 Å². The fourth-order valence-electron chi connectivity index (χ4n) is 4.53. The number of nitrogens with two attached hydrogens (primary N) is 1. The first-order valence-corrected chi connectivity index (χ1v) is 10.6. The summed E-state index contributed by atoms with van der Waals surface area (Å²) in [6.07, 6.45) is 0.967. The summed E-state index contributed by atoms with van der Waals surface area (Å²) >= 11 is 0. The van der Waals surface area contributed by atoms with Crippen LogP contribution < -0.4 is 11.1 Å². The van der Waals surface area contributed by atoms with Crippen molar-refractivity contribution in [3.05, 3.63) is 35.4 Å². The lowest BCUT2D eigenvalue weighted by Crippen LogP contribution is -2.50. The number of alkyl halides is 3. The largest absolute Gasteiger partial charge is 0.395 e. The third kappa shape index (κ3) is 5.53. The molecule has 1 heterocycles. The molecule has 0 spiro atoms. The highest BCUT2D eigenvalue weighted by Gasteiger charge is 2.40. The lowest BCUT2D eigenvalue weighted by atomic mass is 9.66. The van der Waals surface area contributed by atoms with Gasteiger partial charge in [-0.25, -0.2) is 0 Å². The van der Waals surface area contributed by atoms with Crippen LogP contribution in [0.5, 0.6) is 0 Å². The molecule has 0 unspecified atom stereocenters.